The Kier molecular flexibility index (Phi) is 6.21. The fraction of sp³-hybridized carbons (Fsp3) is 0.333. The molecule has 0 atom stereocenters. The molecule has 1 aliphatic rings. The number of nitrogens with zero attached hydrogens (tertiary/aromatic N) is 2. The van der Waals surface area contributed by atoms with E-state index < -0.39 is 21.7 Å². The molecule has 0 radical (unpaired) electrons. The van der Waals surface area contributed by atoms with Gasteiger partial charge in [0.25, 0.3) is 0 Å². The van der Waals surface area contributed by atoms with E-state index in [4.69, 9.17) is 0 Å². The second kappa shape index (κ2) is 8.46. The first-order valence-electron chi connectivity index (χ1n) is 8.59. The van der Waals surface area contributed by atoms with Gasteiger partial charge in [-0.25, -0.2) is 17.2 Å². The van der Waals surface area contributed by atoms with E-state index >= 15 is 0 Å². The number of rotatable bonds is 6. The van der Waals surface area contributed by atoms with Crippen LogP contribution >= 0.6 is 11.3 Å². The molecule has 0 aliphatic carbocycles. The molecule has 6 nitrogen and oxygen atoms in total. The van der Waals surface area contributed by atoms with Crippen molar-refractivity contribution in [2.75, 3.05) is 26.2 Å². The Balaban J connectivity index is 1.55. The molecule has 0 spiro atoms. The van der Waals surface area contributed by atoms with Crippen LogP contribution in [0, 0.1) is 11.6 Å². The molecule has 2 aromatic rings. The Hall–Kier alpha value is -2.17. The monoisotopic (exact) mass is 428 g/mol. The topological polar surface area (TPSA) is 74.8 Å². The molecule has 150 valence electrons. The summed E-state index contributed by atoms with van der Waals surface area (Å²) in [6, 6.07) is 5.91. The van der Waals surface area contributed by atoms with Crippen molar-refractivity contribution in [2.24, 2.45) is 0 Å². The Labute approximate surface area is 165 Å². The van der Waals surface area contributed by atoms with Crippen LogP contribution in [0.25, 0.3) is 0 Å². The second-order valence-electron chi connectivity index (χ2n) is 6.26. The summed E-state index contributed by atoms with van der Waals surface area (Å²) < 4.78 is 52.7. The summed E-state index contributed by atoms with van der Waals surface area (Å²) >= 11 is 1.32. The number of hydrogen-bond donors (Lipinski definition) is 0. The van der Waals surface area contributed by atoms with Crippen molar-refractivity contribution < 1.29 is 26.8 Å². The number of amides is 1. The maximum atomic E-state index is 13.4. The van der Waals surface area contributed by atoms with Crippen LogP contribution < -0.4 is 0 Å². The number of carbonyl (C=O) groups is 2. The molecule has 1 aromatic carbocycles. The number of halogens is 2. The van der Waals surface area contributed by atoms with Crippen LogP contribution in [-0.2, 0) is 14.8 Å². The Bertz CT molecular complexity index is 969. The van der Waals surface area contributed by atoms with Gasteiger partial charge in [0, 0.05) is 39.0 Å². The number of hydrogen-bond acceptors (Lipinski definition) is 5. The zero-order valence-electron chi connectivity index (χ0n) is 14.8. The molecule has 0 unspecified atom stereocenters. The molecule has 10 heteroatoms. The summed E-state index contributed by atoms with van der Waals surface area (Å²) in [5, 5.41) is 1.79. The van der Waals surface area contributed by atoms with Gasteiger partial charge in [-0.1, -0.05) is 6.07 Å². The van der Waals surface area contributed by atoms with Crippen LogP contribution in [0.1, 0.15) is 22.5 Å². The first-order chi connectivity index (χ1) is 13.3. The predicted octanol–water partition coefficient (Wildman–Crippen LogP) is 2.52. The molecule has 0 bridgehead atoms. The largest absolute Gasteiger partial charge is 0.340 e. The zero-order valence-corrected chi connectivity index (χ0v) is 16.4. The first kappa shape index (κ1) is 20.6. The highest BCUT2D eigenvalue weighted by molar-refractivity contribution is 7.89. The molecular formula is C18H18F2N2O4S2. The lowest BCUT2D eigenvalue weighted by Gasteiger charge is -2.34. The summed E-state index contributed by atoms with van der Waals surface area (Å²) in [5.74, 6) is -2.66. The Morgan fingerprint density at radius 2 is 1.71 bits per heavy atom. The van der Waals surface area contributed by atoms with Gasteiger partial charge in [-0.05, 0) is 29.6 Å². The number of Topliss-reactive ketones (excluding diaryl/α,β-unsaturated/α-hetero) is 1. The standard InChI is InChI=1S/C18H18F2N2O4S2/c19-14-4-3-13(12-15(14)20)28(25,26)22-9-7-21(8-10-22)18(24)6-5-16(23)17-2-1-11-27-17/h1-4,11-12H,5-10H2. The predicted molar refractivity (Wildman–Crippen MR) is 99.6 cm³/mol. The average molecular weight is 428 g/mol. The number of sulfonamides is 1. The maximum Gasteiger partial charge on any atom is 0.243 e. The lowest BCUT2D eigenvalue weighted by atomic mass is 10.1. The van der Waals surface area contributed by atoms with E-state index in [0.29, 0.717) is 10.9 Å². The molecule has 3 rings (SSSR count). The van der Waals surface area contributed by atoms with Gasteiger partial charge in [-0.2, -0.15) is 4.31 Å². The van der Waals surface area contributed by atoms with Crippen molar-refractivity contribution in [2.45, 2.75) is 17.7 Å². The van der Waals surface area contributed by atoms with E-state index in [9.17, 15) is 26.8 Å². The number of benzene rings is 1. The van der Waals surface area contributed by atoms with E-state index in [0.717, 1.165) is 16.4 Å². The molecule has 0 N–H and O–H groups in total. The van der Waals surface area contributed by atoms with Gasteiger partial charge in [0.15, 0.2) is 17.4 Å². The highest BCUT2D eigenvalue weighted by Gasteiger charge is 2.30. The summed E-state index contributed by atoms with van der Waals surface area (Å²) in [7, 11) is -3.97. The Morgan fingerprint density at radius 3 is 2.32 bits per heavy atom. The molecule has 1 fully saturated rings. The number of carbonyl (C=O) groups excluding carboxylic acids is 2. The third-order valence-electron chi connectivity index (χ3n) is 4.48. The molecule has 1 saturated heterocycles. The van der Waals surface area contributed by atoms with Gasteiger partial charge in [-0.3, -0.25) is 9.59 Å². The zero-order chi connectivity index (χ0) is 20.3. The summed E-state index contributed by atoms with van der Waals surface area (Å²) in [6.45, 7) is 0.446. The maximum absolute atomic E-state index is 13.4. The van der Waals surface area contributed by atoms with Crippen LogP contribution in [0.4, 0.5) is 8.78 Å². The smallest absolute Gasteiger partial charge is 0.243 e. The molecule has 1 aliphatic heterocycles. The van der Waals surface area contributed by atoms with Crippen LogP contribution in [-0.4, -0.2) is 55.5 Å². The van der Waals surface area contributed by atoms with Gasteiger partial charge in [-0.15, -0.1) is 11.3 Å². The SMILES string of the molecule is O=C(CCC(=O)N1CCN(S(=O)(=O)c2ccc(F)c(F)c2)CC1)c1cccs1. The van der Waals surface area contributed by atoms with Crippen LogP contribution in [0.15, 0.2) is 40.6 Å². The van der Waals surface area contributed by atoms with Crippen LogP contribution in [0.5, 0.6) is 0 Å². The van der Waals surface area contributed by atoms with Crippen molar-refractivity contribution in [3.8, 4) is 0 Å². The minimum Gasteiger partial charge on any atom is -0.340 e. The molecular weight excluding hydrogens is 410 g/mol. The van der Waals surface area contributed by atoms with E-state index in [-0.39, 0.29) is 55.6 Å². The molecule has 2 heterocycles. The highest BCUT2D eigenvalue weighted by Crippen LogP contribution is 2.20. The van der Waals surface area contributed by atoms with Crippen molar-refractivity contribution >= 4 is 33.1 Å². The third kappa shape index (κ3) is 4.45. The van der Waals surface area contributed by atoms with Gasteiger partial charge in [0.2, 0.25) is 15.9 Å². The number of piperazine rings is 1. The summed E-state index contributed by atoms with van der Waals surface area (Å²) in [4.78, 5) is 26.1. The first-order valence-corrected chi connectivity index (χ1v) is 10.9. The van der Waals surface area contributed by atoms with Gasteiger partial charge >= 0.3 is 0 Å². The quantitative estimate of drug-likeness (QED) is 0.663. The second-order valence-corrected chi connectivity index (χ2v) is 9.15. The van der Waals surface area contributed by atoms with E-state index in [1.165, 1.54) is 16.2 Å². The van der Waals surface area contributed by atoms with Crippen molar-refractivity contribution in [3.63, 3.8) is 0 Å². The molecule has 1 amide bonds. The van der Waals surface area contributed by atoms with Crippen LogP contribution in [0.3, 0.4) is 0 Å². The van der Waals surface area contributed by atoms with Gasteiger partial charge in [0.05, 0.1) is 9.77 Å². The highest BCUT2D eigenvalue weighted by atomic mass is 32.2. The molecule has 28 heavy (non-hydrogen) atoms. The van der Waals surface area contributed by atoms with Crippen molar-refractivity contribution in [1.29, 1.82) is 0 Å². The van der Waals surface area contributed by atoms with E-state index in [1.807, 2.05) is 0 Å². The lowest BCUT2D eigenvalue weighted by Crippen LogP contribution is -2.50. The van der Waals surface area contributed by atoms with Gasteiger partial charge in [0.1, 0.15) is 0 Å². The van der Waals surface area contributed by atoms with E-state index in [2.05, 4.69) is 0 Å². The average Bonchev–Trinajstić information content (AvgIpc) is 3.23. The minimum absolute atomic E-state index is 0.0476. The number of ketones is 1. The Morgan fingerprint density at radius 1 is 1.00 bits per heavy atom. The molecule has 1 aromatic heterocycles. The van der Waals surface area contributed by atoms with Crippen molar-refractivity contribution in [3.05, 3.63) is 52.2 Å². The molecule has 0 saturated carbocycles. The fourth-order valence-corrected chi connectivity index (χ4v) is 5.03. The van der Waals surface area contributed by atoms with Crippen LogP contribution in [0.2, 0.25) is 0 Å². The minimum atomic E-state index is -3.97. The van der Waals surface area contributed by atoms with E-state index in [1.54, 1.807) is 17.5 Å². The van der Waals surface area contributed by atoms with Gasteiger partial charge < -0.3 is 4.90 Å². The summed E-state index contributed by atoms with van der Waals surface area (Å²) in [5.41, 5.74) is 0. The number of thiophene rings is 1. The lowest BCUT2D eigenvalue weighted by molar-refractivity contribution is -0.132. The van der Waals surface area contributed by atoms with Crippen molar-refractivity contribution in [1.82, 2.24) is 9.21 Å². The normalized spacial score (nSPS) is 15.6. The summed E-state index contributed by atoms with van der Waals surface area (Å²) in [6.07, 6.45) is 0.166. The third-order valence-corrected chi connectivity index (χ3v) is 7.29. The fourth-order valence-electron chi connectivity index (χ4n) is 2.90.